The monoisotopic (exact) mass is 490 g/mol. The van der Waals surface area contributed by atoms with Gasteiger partial charge < -0.3 is 10.4 Å². The van der Waals surface area contributed by atoms with Crippen LogP contribution in [-0.2, 0) is 9.59 Å². The van der Waals surface area contributed by atoms with E-state index in [-0.39, 0.29) is 30.3 Å². The Labute approximate surface area is 185 Å². The van der Waals surface area contributed by atoms with Gasteiger partial charge in [0.25, 0.3) is 5.91 Å². The summed E-state index contributed by atoms with van der Waals surface area (Å²) in [4.78, 5) is 37.8. The fourth-order valence-corrected chi connectivity index (χ4v) is 4.33. The molecule has 148 valence electrons. The second-order valence-corrected chi connectivity index (χ2v) is 8.66. The molecular weight excluding hydrogens is 476 g/mol. The Kier molecular flexibility index (Phi) is 6.83. The maximum absolute atomic E-state index is 12.6. The Morgan fingerprint density at radius 3 is 2.69 bits per heavy atom. The molecule has 1 saturated heterocycles. The SMILES string of the molecule is O=C(CCN1C(=O)/C(=C/c2cccc(Br)c2)SC1=S)Nc1cccc(C(=O)O)c1. The number of rotatable bonds is 6. The molecule has 6 nitrogen and oxygen atoms in total. The van der Waals surface area contributed by atoms with E-state index in [9.17, 15) is 14.4 Å². The van der Waals surface area contributed by atoms with E-state index in [1.165, 1.54) is 28.8 Å². The molecule has 1 aliphatic heterocycles. The van der Waals surface area contributed by atoms with Crippen LogP contribution in [0.3, 0.4) is 0 Å². The van der Waals surface area contributed by atoms with Crippen molar-refractivity contribution in [3.8, 4) is 0 Å². The Morgan fingerprint density at radius 1 is 1.21 bits per heavy atom. The van der Waals surface area contributed by atoms with E-state index in [2.05, 4.69) is 21.2 Å². The Balaban J connectivity index is 1.61. The summed E-state index contributed by atoms with van der Waals surface area (Å²) < 4.78 is 1.31. The summed E-state index contributed by atoms with van der Waals surface area (Å²) >= 11 is 9.88. The minimum atomic E-state index is -1.07. The molecule has 2 N–H and O–H groups in total. The van der Waals surface area contributed by atoms with Gasteiger partial charge in [0, 0.05) is 23.1 Å². The Morgan fingerprint density at radius 2 is 1.97 bits per heavy atom. The molecule has 0 atom stereocenters. The number of amides is 2. The average molecular weight is 491 g/mol. The number of nitrogens with one attached hydrogen (secondary N) is 1. The van der Waals surface area contributed by atoms with Crippen LogP contribution < -0.4 is 5.32 Å². The molecule has 0 aromatic heterocycles. The molecule has 0 bridgehead atoms. The molecule has 2 aromatic carbocycles. The van der Waals surface area contributed by atoms with Crippen molar-refractivity contribution >= 4 is 73.8 Å². The lowest BCUT2D eigenvalue weighted by Gasteiger charge is -2.14. The van der Waals surface area contributed by atoms with Crippen LogP contribution in [0.4, 0.5) is 5.69 Å². The van der Waals surface area contributed by atoms with Crippen LogP contribution in [0.15, 0.2) is 57.9 Å². The van der Waals surface area contributed by atoms with Crippen LogP contribution >= 0.6 is 39.9 Å². The number of nitrogens with zero attached hydrogens (tertiary/aromatic N) is 1. The number of aromatic carboxylic acids is 1. The van der Waals surface area contributed by atoms with Crippen molar-refractivity contribution in [2.24, 2.45) is 0 Å². The second kappa shape index (κ2) is 9.34. The number of anilines is 1. The first kappa shape index (κ1) is 21.2. The zero-order chi connectivity index (χ0) is 21.0. The maximum atomic E-state index is 12.6. The molecule has 9 heteroatoms. The molecule has 0 unspecified atom stereocenters. The predicted molar refractivity (Wildman–Crippen MR) is 121 cm³/mol. The minimum Gasteiger partial charge on any atom is -0.478 e. The molecule has 2 amide bonds. The molecule has 1 fully saturated rings. The van der Waals surface area contributed by atoms with Gasteiger partial charge in [-0.3, -0.25) is 14.5 Å². The third-order valence-electron chi connectivity index (χ3n) is 3.98. The number of halogens is 1. The zero-order valence-electron chi connectivity index (χ0n) is 14.9. The van der Waals surface area contributed by atoms with Crippen LogP contribution in [0.1, 0.15) is 22.3 Å². The lowest BCUT2D eigenvalue weighted by Crippen LogP contribution is -2.31. The number of hydrogen-bond acceptors (Lipinski definition) is 5. The molecule has 3 rings (SSSR count). The second-order valence-electron chi connectivity index (χ2n) is 6.07. The molecule has 0 spiro atoms. The van der Waals surface area contributed by atoms with E-state index in [0.717, 1.165) is 10.0 Å². The van der Waals surface area contributed by atoms with Crippen molar-refractivity contribution < 1.29 is 19.5 Å². The Hall–Kier alpha value is -2.49. The van der Waals surface area contributed by atoms with Gasteiger partial charge in [-0.15, -0.1) is 0 Å². The van der Waals surface area contributed by atoms with E-state index in [0.29, 0.717) is 14.9 Å². The Bertz CT molecular complexity index is 1040. The quantitative estimate of drug-likeness (QED) is 0.461. The van der Waals surface area contributed by atoms with Gasteiger partial charge in [-0.1, -0.05) is 58.1 Å². The average Bonchev–Trinajstić information content (AvgIpc) is 2.93. The number of hydrogen-bond donors (Lipinski definition) is 2. The number of carbonyl (C=O) groups excluding carboxylic acids is 2. The first-order valence-corrected chi connectivity index (χ1v) is 10.5. The number of carboxylic acid groups (broad SMARTS) is 1. The summed E-state index contributed by atoms with van der Waals surface area (Å²) in [6.45, 7) is 0.144. The number of carboxylic acids is 1. The van der Waals surface area contributed by atoms with Gasteiger partial charge in [-0.05, 0) is 42.0 Å². The fourth-order valence-electron chi connectivity index (χ4n) is 2.61. The highest BCUT2D eigenvalue weighted by molar-refractivity contribution is 9.10. The summed E-state index contributed by atoms with van der Waals surface area (Å²) in [5.41, 5.74) is 1.34. The van der Waals surface area contributed by atoms with Crippen molar-refractivity contribution in [1.29, 1.82) is 0 Å². The van der Waals surface area contributed by atoms with E-state index in [1.807, 2.05) is 24.3 Å². The van der Waals surface area contributed by atoms with Gasteiger partial charge in [-0.2, -0.15) is 0 Å². The van der Waals surface area contributed by atoms with Crippen molar-refractivity contribution in [3.63, 3.8) is 0 Å². The lowest BCUT2D eigenvalue weighted by molar-refractivity contribution is -0.122. The number of carbonyl (C=O) groups is 3. The standard InChI is InChI=1S/C20H15BrN2O4S2/c21-14-5-1-3-12(9-14)10-16-18(25)23(20(28)29-16)8-7-17(24)22-15-6-2-4-13(11-15)19(26)27/h1-6,9-11H,7-8H2,(H,22,24)(H,26,27)/b16-10-. The predicted octanol–water partition coefficient (Wildman–Crippen LogP) is 4.38. The smallest absolute Gasteiger partial charge is 0.335 e. The first-order chi connectivity index (χ1) is 13.8. The first-order valence-electron chi connectivity index (χ1n) is 8.47. The molecule has 29 heavy (non-hydrogen) atoms. The summed E-state index contributed by atoms with van der Waals surface area (Å²) in [5.74, 6) is -1.64. The van der Waals surface area contributed by atoms with Crippen LogP contribution in [-0.4, -0.2) is 38.7 Å². The molecule has 1 aliphatic rings. The molecular formula is C20H15BrN2O4S2. The number of thiocarbonyl (C=S) groups is 1. The molecule has 0 saturated carbocycles. The van der Waals surface area contributed by atoms with Crippen LogP contribution in [0, 0.1) is 0 Å². The van der Waals surface area contributed by atoms with Crippen molar-refractivity contribution in [3.05, 3.63) is 69.0 Å². The van der Waals surface area contributed by atoms with Gasteiger partial charge in [0.05, 0.1) is 10.5 Å². The van der Waals surface area contributed by atoms with Gasteiger partial charge in [0.1, 0.15) is 4.32 Å². The van der Waals surface area contributed by atoms with Gasteiger partial charge >= 0.3 is 5.97 Å². The molecule has 0 aliphatic carbocycles. The zero-order valence-corrected chi connectivity index (χ0v) is 18.1. The van der Waals surface area contributed by atoms with E-state index in [4.69, 9.17) is 17.3 Å². The van der Waals surface area contributed by atoms with Crippen molar-refractivity contribution in [1.82, 2.24) is 4.90 Å². The number of thioether (sulfide) groups is 1. The van der Waals surface area contributed by atoms with Crippen LogP contribution in [0.2, 0.25) is 0 Å². The molecule has 0 radical (unpaired) electrons. The van der Waals surface area contributed by atoms with Crippen LogP contribution in [0.5, 0.6) is 0 Å². The summed E-state index contributed by atoms with van der Waals surface area (Å²) in [6.07, 6.45) is 1.80. The topological polar surface area (TPSA) is 86.7 Å². The molecule has 2 aromatic rings. The highest BCUT2D eigenvalue weighted by Gasteiger charge is 2.32. The van der Waals surface area contributed by atoms with Gasteiger partial charge in [0.2, 0.25) is 5.91 Å². The normalized spacial score (nSPS) is 15.1. The van der Waals surface area contributed by atoms with E-state index >= 15 is 0 Å². The van der Waals surface area contributed by atoms with Crippen LogP contribution in [0.25, 0.3) is 6.08 Å². The molecule has 1 heterocycles. The number of benzene rings is 2. The fraction of sp³-hybridized carbons (Fsp3) is 0.100. The van der Waals surface area contributed by atoms with E-state index < -0.39 is 5.97 Å². The largest absolute Gasteiger partial charge is 0.478 e. The summed E-state index contributed by atoms with van der Waals surface area (Å²) in [5, 5.41) is 11.7. The third-order valence-corrected chi connectivity index (χ3v) is 5.85. The van der Waals surface area contributed by atoms with E-state index in [1.54, 1.807) is 18.2 Å². The third kappa shape index (κ3) is 5.53. The summed E-state index contributed by atoms with van der Waals surface area (Å²) in [7, 11) is 0. The lowest BCUT2D eigenvalue weighted by atomic mass is 10.2. The maximum Gasteiger partial charge on any atom is 0.335 e. The highest BCUT2D eigenvalue weighted by Crippen LogP contribution is 2.33. The van der Waals surface area contributed by atoms with Crippen molar-refractivity contribution in [2.75, 3.05) is 11.9 Å². The minimum absolute atomic E-state index is 0.0356. The van der Waals surface area contributed by atoms with Gasteiger partial charge in [0.15, 0.2) is 0 Å². The van der Waals surface area contributed by atoms with Crippen molar-refractivity contribution in [2.45, 2.75) is 6.42 Å². The highest BCUT2D eigenvalue weighted by atomic mass is 79.9. The van der Waals surface area contributed by atoms with Gasteiger partial charge in [-0.25, -0.2) is 4.79 Å². The summed E-state index contributed by atoms with van der Waals surface area (Å²) in [6, 6.07) is 13.5.